The van der Waals surface area contributed by atoms with E-state index in [0.717, 1.165) is 5.56 Å². The summed E-state index contributed by atoms with van der Waals surface area (Å²) in [5, 5.41) is 0.00320. The van der Waals surface area contributed by atoms with Gasteiger partial charge in [-0.2, -0.15) is 0 Å². The fourth-order valence-corrected chi connectivity index (χ4v) is 3.06. The van der Waals surface area contributed by atoms with Gasteiger partial charge in [-0.05, 0) is 11.6 Å². The summed E-state index contributed by atoms with van der Waals surface area (Å²) in [7, 11) is -3.47. The van der Waals surface area contributed by atoms with Crippen molar-refractivity contribution in [2.75, 3.05) is 0 Å². The lowest BCUT2D eigenvalue weighted by atomic mass is 10.2. The molecule has 96 valence electrons. The molecule has 2 aromatic heterocycles. The number of sulfone groups is 1. The van der Waals surface area contributed by atoms with Crippen molar-refractivity contribution in [1.82, 2.24) is 15.0 Å². The van der Waals surface area contributed by atoms with Crippen LogP contribution in [0.15, 0.2) is 53.8 Å². The van der Waals surface area contributed by atoms with Crippen LogP contribution >= 0.6 is 0 Å². The molecule has 1 N–H and O–H groups in total. The highest BCUT2D eigenvalue weighted by molar-refractivity contribution is 7.90. The van der Waals surface area contributed by atoms with Gasteiger partial charge in [0, 0.05) is 6.20 Å². The van der Waals surface area contributed by atoms with Crippen molar-refractivity contribution in [2.24, 2.45) is 0 Å². The average Bonchev–Trinajstić information content (AvgIpc) is 2.86. The summed E-state index contributed by atoms with van der Waals surface area (Å²) in [6, 6.07) is 10.7. The Morgan fingerprint density at radius 1 is 1.11 bits per heavy atom. The van der Waals surface area contributed by atoms with Crippen LogP contribution in [0.4, 0.5) is 0 Å². The van der Waals surface area contributed by atoms with Crippen LogP contribution in [0.2, 0.25) is 0 Å². The van der Waals surface area contributed by atoms with E-state index in [1.54, 1.807) is 24.4 Å². The first-order valence-electron chi connectivity index (χ1n) is 5.72. The molecule has 0 atom stereocenters. The molecule has 0 radical (unpaired) electrons. The first-order chi connectivity index (χ1) is 9.15. The molecule has 0 aliphatic heterocycles. The van der Waals surface area contributed by atoms with E-state index in [4.69, 9.17) is 0 Å². The highest BCUT2D eigenvalue weighted by Crippen LogP contribution is 2.16. The zero-order valence-corrected chi connectivity index (χ0v) is 10.8. The van der Waals surface area contributed by atoms with Gasteiger partial charge in [-0.15, -0.1) is 0 Å². The fourth-order valence-electron chi connectivity index (χ4n) is 1.83. The van der Waals surface area contributed by atoms with E-state index in [1.807, 2.05) is 18.2 Å². The minimum atomic E-state index is -3.47. The number of aromatic amines is 1. The van der Waals surface area contributed by atoms with Crippen molar-refractivity contribution in [3.8, 4) is 0 Å². The van der Waals surface area contributed by atoms with Crippen LogP contribution < -0.4 is 0 Å². The predicted octanol–water partition coefficient (Wildman–Crippen LogP) is 1.93. The quantitative estimate of drug-likeness (QED) is 0.791. The highest BCUT2D eigenvalue weighted by atomic mass is 32.2. The van der Waals surface area contributed by atoms with Crippen LogP contribution in [0.3, 0.4) is 0 Å². The molecule has 1 aromatic carbocycles. The maximum atomic E-state index is 12.3. The van der Waals surface area contributed by atoms with E-state index in [9.17, 15) is 8.42 Å². The molecule has 6 heteroatoms. The van der Waals surface area contributed by atoms with Crippen molar-refractivity contribution in [2.45, 2.75) is 10.8 Å². The molecule has 0 aliphatic rings. The van der Waals surface area contributed by atoms with Gasteiger partial charge < -0.3 is 4.98 Å². The summed E-state index contributed by atoms with van der Waals surface area (Å²) < 4.78 is 24.5. The second-order valence-corrected chi connectivity index (χ2v) is 6.10. The third-order valence-electron chi connectivity index (χ3n) is 2.76. The Morgan fingerprint density at radius 2 is 1.89 bits per heavy atom. The van der Waals surface area contributed by atoms with Crippen molar-refractivity contribution in [3.63, 3.8) is 0 Å². The van der Waals surface area contributed by atoms with Gasteiger partial charge in [0.1, 0.15) is 5.52 Å². The minimum Gasteiger partial charge on any atom is -0.345 e. The van der Waals surface area contributed by atoms with Gasteiger partial charge in [-0.3, -0.25) is 0 Å². The molecular formula is C13H11N3O2S. The number of benzene rings is 1. The molecule has 0 spiro atoms. The van der Waals surface area contributed by atoms with E-state index >= 15 is 0 Å². The van der Waals surface area contributed by atoms with Gasteiger partial charge in [0.25, 0.3) is 0 Å². The van der Waals surface area contributed by atoms with Crippen LogP contribution in [0, 0.1) is 0 Å². The first kappa shape index (κ1) is 11.9. The highest BCUT2D eigenvalue weighted by Gasteiger charge is 2.18. The summed E-state index contributed by atoms with van der Waals surface area (Å²) in [4.78, 5) is 11.1. The molecule has 19 heavy (non-hydrogen) atoms. The number of rotatable bonds is 3. The zero-order chi connectivity index (χ0) is 13.3. The van der Waals surface area contributed by atoms with Crippen LogP contribution in [0.1, 0.15) is 5.56 Å². The Bertz CT molecular complexity index is 810. The molecule has 3 aromatic rings. The molecule has 3 rings (SSSR count). The summed E-state index contributed by atoms with van der Waals surface area (Å²) in [5.74, 6) is -0.0710. The van der Waals surface area contributed by atoms with Gasteiger partial charge in [0.2, 0.25) is 9.84 Å². The van der Waals surface area contributed by atoms with Crippen LogP contribution in [-0.2, 0) is 15.6 Å². The van der Waals surface area contributed by atoms with Crippen molar-refractivity contribution >= 4 is 21.0 Å². The third kappa shape index (κ3) is 2.34. The van der Waals surface area contributed by atoms with Crippen LogP contribution in [-0.4, -0.2) is 23.4 Å². The molecule has 5 nitrogen and oxygen atoms in total. The van der Waals surface area contributed by atoms with E-state index in [0.29, 0.717) is 11.2 Å². The van der Waals surface area contributed by atoms with Gasteiger partial charge in [-0.25, -0.2) is 18.4 Å². The van der Waals surface area contributed by atoms with Gasteiger partial charge in [0.15, 0.2) is 10.7 Å². The van der Waals surface area contributed by atoms with Crippen molar-refractivity contribution in [1.29, 1.82) is 0 Å². The van der Waals surface area contributed by atoms with E-state index in [2.05, 4.69) is 15.0 Å². The summed E-state index contributed by atoms with van der Waals surface area (Å²) in [6.07, 6.45) is 2.97. The van der Waals surface area contributed by atoms with Crippen molar-refractivity contribution in [3.05, 3.63) is 54.4 Å². The number of hydrogen-bond donors (Lipinski definition) is 1. The minimum absolute atomic E-state index is 0.00320. The Balaban J connectivity index is 1.99. The fraction of sp³-hybridized carbons (Fsp3) is 0.0769. The standard InChI is InChI=1S/C13H11N3O2S/c17-19(18,9-10-4-2-1-3-5-10)12-8-15-13-11(16-12)6-7-14-13/h1-8H,9H2,(H,14,15). The predicted molar refractivity (Wildman–Crippen MR) is 71.2 cm³/mol. The molecule has 0 aliphatic carbocycles. The van der Waals surface area contributed by atoms with Crippen LogP contribution in [0.25, 0.3) is 11.2 Å². The lowest BCUT2D eigenvalue weighted by Crippen LogP contribution is -2.07. The monoisotopic (exact) mass is 273 g/mol. The normalized spacial score (nSPS) is 11.8. The maximum absolute atomic E-state index is 12.3. The smallest absolute Gasteiger partial charge is 0.201 e. The average molecular weight is 273 g/mol. The number of hydrogen-bond acceptors (Lipinski definition) is 4. The van der Waals surface area contributed by atoms with E-state index in [-0.39, 0.29) is 10.8 Å². The third-order valence-corrected chi connectivity index (χ3v) is 4.30. The molecule has 0 saturated carbocycles. The molecule has 0 saturated heterocycles. The maximum Gasteiger partial charge on any atom is 0.201 e. The Hall–Kier alpha value is -2.21. The van der Waals surface area contributed by atoms with E-state index in [1.165, 1.54) is 6.20 Å². The van der Waals surface area contributed by atoms with E-state index < -0.39 is 9.84 Å². The largest absolute Gasteiger partial charge is 0.345 e. The number of aromatic nitrogens is 3. The number of nitrogens with one attached hydrogen (secondary N) is 1. The second kappa shape index (κ2) is 4.47. The number of nitrogens with zero attached hydrogens (tertiary/aromatic N) is 2. The summed E-state index contributed by atoms with van der Waals surface area (Å²) in [6.45, 7) is 0. The number of fused-ring (bicyclic) bond motifs is 1. The lowest BCUT2D eigenvalue weighted by Gasteiger charge is -2.03. The van der Waals surface area contributed by atoms with Crippen molar-refractivity contribution < 1.29 is 8.42 Å². The Labute approximate surface area is 110 Å². The molecule has 2 heterocycles. The second-order valence-electron chi connectivity index (χ2n) is 4.16. The lowest BCUT2D eigenvalue weighted by molar-refractivity contribution is 0.591. The Morgan fingerprint density at radius 3 is 2.68 bits per heavy atom. The topological polar surface area (TPSA) is 75.7 Å². The Kier molecular flexibility index (Phi) is 2.79. The van der Waals surface area contributed by atoms with Gasteiger partial charge in [0.05, 0.1) is 11.9 Å². The summed E-state index contributed by atoms with van der Waals surface area (Å²) >= 11 is 0. The van der Waals surface area contributed by atoms with Crippen LogP contribution in [0.5, 0.6) is 0 Å². The SMILES string of the molecule is O=S(=O)(Cc1ccccc1)c1cnc2[nH]ccc2n1. The molecule has 0 amide bonds. The molecule has 0 unspecified atom stereocenters. The molecular weight excluding hydrogens is 262 g/mol. The molecule has 0 bridgehead atoms. The zero-order valence-electron chi connectivity index (χ0n) is 9.95. The molecule has 0 fully saturated rings. The van der Waals surface area contributed by atoms with Gasteiger partial charge >= 0.3 is 0 Å². The van der Waals surface area contributed by atoms with Gasteiger partial charge in [-0.1, -0.05) is 30.3 Å². The summed E-state index contributed by atoms with van der Waals surface area (Å²) in [5.41, 5.74) is 1.87. The number of H-pyrrole nitrogens is 1. The first-order valence-corrected chi connectivity index (χ1v) is 7.37.